The number of hydrogen-bond donors (Lipinski definition) is 2. The Hall–Kier alpha value is -3.81. The molecule has 2 N–H and O–H groups in total. The predicted octanol–water partition coefficient (Wildman–Crippen LogP) is 2.47. The molecule has 1 aliphatic heterocycles. The van der Waals surface area contributed by atoms with Gasteiger partial charge < -0.3 is 19.9 Å². The number of imidazole rings is 1. The van der Waals surface area contributed by atoms with Crippen LogP contribution in [0.5, 0.6) is 5.75 Å². The number of aromatic nitrogens is 2. The number of methoxy groups -OCH3 is 1. The van der Waals surface area contributed by atoms with E-state index in [1.54, 1.807) is 42.5 Å². The maximum atomic E-state index is 12.8. The van der Waals surface area contributed by atoms with Crippen LogP contribution in [0.2, 0.25) is 0 Å². The van der Waals surface area contributed by atoms with Gasteiger partial charge in [0.25, 0.3) is 0 Å². The number of hydrogen-bond acceptors (Lipinski definition) is 4. The molecular weight excluding hydrogens is 396 g/mol. The smallest absolute Gasteiger partial charge is 0.330 e. The molecule has 1 unspecified atom stereocenters. The van der Waals surface area contributed by atoms with Crippen LogP contribution < -0.4 is 15.7 Å². The molecule has 0 radical (unpaired) electrons. The Labute approximate surface area is 179 Å². The van der Waals surface area contributed by atoms with E-state index in [1.807, 2.05) is 31.2 Å². The van der Waals surface area contributed by atoms with Gasteiger partial charge in [-0.2, -0.15) is 0 Å². The third kappa shape index (κ3) is 4.37. The molecule has 2 amide bonds. The lowest BCUT2D eigenvalue weighted by Gasteiger charge is -2.17. The lowest BCUT2D eigenvalue weighted by Crippen LogP contribution is -2.28. The van der Waals surface area contributed by atoms with Crippen LogP contribution in [0.3, 0.4) is 0 Å². The molecule has 2 aromatic carbocycles. The van der Waals surface area contributed by atoms with Crippen molar-refractivity contribution in [3.8, 4) is 11.4 Å². The second-order valence-electron chi connectivity index (χ2n) is 7.63. The van der Waals surface area contributed by atoms with E-state index in [2.05, 4.69) is 10.3 Å². The molecule has 1 aromatic heterocycles. The zero-order valence-corrected chi connectivity index (χ0v) is 17.4. The number of likely N-dealkylation sites (tertiary alicyclic amines) is 1. The van der Waals surface area contributed by atoms with E-state index < -0.39 is 5.92 Å². The Morgan fingerprint density at radius 2 is 1.97 bits per heavy atom. The molecule has 0 spiro atoms. The Morgan fingerprint density at radius 3 is 2.65 bits per heavy atom. The van der Waals surface area contributed by atoms with Gasteiger partial charge in [0, 0.05) is 37.1 Å². The van der Waals surface area contributed by atoms with Crippen molar-refractivity contribution in [1.82, 2.24) is 14.5 Å². The van der Waals surface area contributed by atoms with Crippen LogP contribution in [0.4, 0.5) is 5.69 Å². The Balaban J connectivity index is 1.42. The second kappa shape index (κ2) is 8.51. The highest BCUT2D eigenvalue weighted by atomic mass is 16.5. The number of benzene rings is 2. The van der Waals surface area contributed by atoms with Crippen molar-refractivity contribution >= 4 is 17.5 Å². The third-order valence-electron chi connectivity index (χ3n) is 5.45. The average Bonchev–Trinajstić information content (AvgIpc) is 3.30. The first-order valence-electron chi connectivity index (χ1n) is 10.0. The molecule has 0 bridgehead atoms. The summed E-state index contributed by atoms with van der Waals surface area (Å²) < 4.78 is 6.69. The number of nitrogens with one attached hydrogen (secondary N) is 2. The van der Waals surface area contributed by atoms with Crippen LogP contribution in [0.25, 0.3) is 5.69 Å². The number of amides is 2. The minimum absolute atomic E-state index is 0.0424. The number of ether oxygens (including phenoxy) is 1. The number of rotatable bonds is 6. The minimum Gasteiger partial charge on any atom is -0.497 e. The van der Waals surface area contributed by atoms with Gasteiger partial charge in [-0.3, -0.25) is 14.2 Å². The Kier molecular flexibility index (Phi) is 5.62. The van der Waals surface area contributed by atoms with E-state index in [1.165, 1.54) is 4.57 Å². The summed E-state index contributed by atoms with van der Waals surface area (Å²) in [6.45, 7) is 2.65. The van der Waals surface area contributed by atoms with Crippen molar-refractivity contribution in [3.05, 3.63) is 76.5 Å². The molecule has 1 aliphatic rings. The van der Waals surface area contributed by atoms with Crippen LogP contribution >= 0.6 is 0 Å². The van der Waals surface area contributed by atoms with E-state index in [9.17, 15) is 14.4 Å². The van der Waals surface area contributed by atoms with Crippen molar-refractivity contribution in [1.29, 1.82) is 0 Å². The average molecular weight is 420 g/mol. The van der Waals surface area contributed by atoms with Crippen molar-refractivity contribution in [2.45, 2.75) is 19.9 Å². The molecular formula is C23H24N4O4. The van der Waals surface area contributed by atoms with E-state index in [0.29, 0.717) is 24.5 Å². The van der Waals surface area contributed by atoms with Crippen molar-refractivity contribution < 1.29 is 14.3 Å². The summed E-state index contributed by atoms with van der Waals surface area (Å²) in [5.74, 6) is 0.0827. The summed E-state index contributed by atoms with van der Waals surface area (Å²) in [6, 6.07) is 14.6. The van der Waals surface area contributed by atoms with Gasteiger partial charge in [0.15, 0.2) is 0 Å². The summed E-state index contributed by atoms with van der Waals surface area (Å²) in [5.41, 5.74) is 2.75. The summed E-state index contributed by atoms with van der Waals surface area (Å²) in [7, 11) is 1.61. The quantitative estimate of drug-likeness (QED) is 0.640. The maximum absolute atomic E-state index is 12.8. The van der Waals surface area contributed by atoms with Crippen molar-refractivity contribution in [2.24, 2.45) is 5.92 Å². The van der Waals surface area contributed by atoms with Gasteiger partial charge in [-0.1, -0.05) is 18.2 Å². The molecule has 8 heteroatoms. The highest BCUT2D eigenvalue weighted by molar-refractivity contribution is 5.97. The molecule has 160 valence electrons. The van der Waals surface area contributed by atoms with Crippen molar-refractivity contribution in [3.63, 3.8) is 0 Å². The highest BCUT2D eigenvalue weighted by Gasteiger charge is 2.34. The molecule has 8 nitrogen and oxygen atoms in total. The van der Waals surface area contributed by atoms with Gasteiger partial charge in [0.1, 0.15) is 5.75 Å². The van der Waals surface area contributed by atoms with E-state index in [0.717, 1.165) is 17.0 Å². The molecule has 1 saturated heterocycles. The van der Waals surface area contributed by atoms with E-state index in [-0.39, 0.29) is 23.9 Å². The minimum atomic E-state index is -0.425. The van der Waals surface area contributed by atoms with Crippen LogP contribution in [-0.4, -0.2) is 39.9 Å². The lowest BCUT2D eigenvalue weighted by molar-refractivity contribution is -0.128. The number of aromatic amines is 1. The topological polar surface area (TPSA) is 96.4 Å². The first-order valence-corrected chi connectivity index (χ1v) is 10.0. The lowest BCUT2D eigenvalue weighted by atomic mass is 10.1. The molecule has 3 aromatic rings. The molecule has 0 saturated carbocycles. The SMILES string of the molecule is COc1ccc(CN2CC(C(=O)Nc3cccc(-n4c(C)c[nH]c4=O)c3)CC2=O)cc1. The van der Waals surface area contributed by atoms with E-state index in [4.69, 9.17) is 4.74 Å². The third-order valence-corrected chi connectivity index (χ3v) is 5.45. The summed E-state index contributed by atoms with van der Waals surface area (Å²) in [4.78, 5) is 41.6. The highest BCUT2D eigenvalue weighted by Crippen LogP contribution is 2.23. The zero-order valence-electron chi connectivity index (χ0n) is 17.4. The van der Waals surface area contributed by atoms with Crippen LogP contribution in [-0.2, 0) is 16.1 Å². The normalized spacial score (nSPS) is 15.9. The van der Waals surface area contributed by atoms with Gasteiger partial charge in [0.2, 0.25) is 11.8 Å². The number of aryl methyl sites for hydroxylation is 1. The first kappa shape index (κ1) is 20.5. The standard InChI is InChI=1S/C23H24N4O4/c1-15-12-24-23(30)27(15)19-5-3-4-18(11-19)25-22(29)17-10-21(28)26(14-17)13-16-6-8-20(31-2)9-7-16/h3-9,11-12,17H,10,13-14H2,1-2H3,(H,24,30)(H,25,29). The Morgan fingerprint density at radius 1 is 1.19 bits per heavy atom. The summed E-state index contributed by atoms with van der Waals surface area (Å²) in [5, 5.41) is 2.89. The van der Waals surface area contributed by atoms with E-state index >= 15 is 0 Å². The number of carbonyl (C=O) groups is 2. The van der Waals surface area contributed by atoms with Gasteiger partial charge in [-0.25, -0.2) is 4.79 Å². The fraction of sp³-hybridized carbons (Fsp3) is 0.261. The fourth-order valence-electron chi connectivity index (χ4n) is 3.80. The molecule has 4 rings (SSSR count). The van der Waals surface area contributed by atoms with Crippen LogP contribution in [0.1, 0.15) is 17.7 Å². The number of anilines is 1. The summed E-state index contributed by atoms with van der Waals surface area (Å²) in [6.07, 6.45) is 1.81. The number of nitrogens with zero attached hydrogens (tertiary/aromatic N) is 2. The van der Waals surface area contributed by atoms with Crippen LogP contribution in [0, 0.1) is 12.8 Å². The van der Waals surface area contributed by atoms with Gasteiger partial charge in [-0.15, -0.1) is 0 Å². The van der Waals surface area contributed by atoms with Gasteiger partial charge >= 0.3 is 5.69 Å². The number of H-pyrrole nitrogens is 1. The first-order chi connectivity index (χ1) is 14.9. The predicted molar refractivity (Wildman–Crippen MR) is 116 cm³/mol. The fourth-order valence-corrected chi connectivity index (χ4v) is 3.80. The molecule has 1 fully saturated rings. The van der Waals surface area contributed by atoms with Gasteiger partial charge in [-0.05, 0) is 42.8 Å². The molecule has 1 atom stereocenters. The molecule has 0 aliphatic carbocycles. The van der Waals surface area contributed by atoms with Crippen LogP contribution in [0.15, 0.2) is 59.5 Å². The molecule has 31 heavy (non-hydrogen) atoms. The van der Waals surface area contributed by atoms with Gasteiger partial charge in [0.05, 0.1) is 18.7 Å². The largest absolute Gasteiger partial charge is 0.497 e. The zero-order chi connectivity index (χ0) is 22.0. The molecule has 2 heterocycles. The summed E-state index contributed by atoms with van der Waals surface area (Å²) >= 11 is 0. The number of carbonyl (C=O) groups excluding carboxylic acids is 2. The monoisotopic (exact) mass is 420 g/mol. The maximum Gasteiger partial charge on any atom is 0.330 e. The van der Waals surface area contributed by atoms with Crippen molar-refractivity contribution in [2.75, 3.05) is 19.0 Å². The Bertz CT molecular complexity index is 1160. The second-order valence-corrected chi connectivity index (χ2v) is 7.63.